The van der Waals surface area contributed by atoms with Gasteiger partial charge in [0.15, 0.2) is 17.2 Å². The quantitative estimate of drug-likeness (QED) is 0.785. The Balaban J connectivity index is 1.92. The van der Waals surface area contributed by atoms with Gasteiger partial charge in [-0.15, -0.1) is 0 Å². The third kappa shape index (κ3) is 2.14. The van der Waals surface area contributed by atoms with E-state index in [1.165, 1.54) is 6.42 Å². The summed E-state index contributed by atoms with van der Waals surface area (Å²) in [5, 5.41) is 3.46. The predicted octanol–water partition coefficient (Wildman–Crippen LogP) is 2.92. The highest BCUT2D eigenvalue weighted by atomic mass is 16.3. The number of nitrogens with zero attached hydrogens (tertiary/aromatic N) is 3. The number of fused-ring (bicyclic) bond motifs is 1. The highest BCUT2D eigenvalue weighted by Gasteiger charge is 2.24. The molecule has 0 amide bonds. The zero-order chi connectivity index (χ0) is 14.2. The SMILES string of the molecule is Cc1ccc(-c2nc3cccnc3n2C2CCCNC2)o1. The van der Waals surface area contributed by atoms with Crippen LogP contribution in [0.1, 0.15) is 24.6 Å². The fraction of sp³-hybridized carbons (Fsp3) is 0.375. The molecule has 0 radical (unpaired) electrons. The molecule has 4 rings (SSSR count). The van der Waals surface area contributed by atoms with E-state index >= 15 is 0 Å². The minimum absolute atomic E-state index is 0.374. The van der Waals surface area contributed by atoms with Crippen molar-refractivity contribution in [3.63, 3.8) is 0 Å². The van der Waals surface area contributed by atoms with Crippen molar-refractivity contribution in [1.82, 2.24) is 19.9 Å². The van der Waals surface area contributed by atoms with Gasteiger partial charge in [0, 0.05) is 18.8 Å². The van der Waals surface area contributed by atoms with Gasteiger partial charge in [0.25, 0.3) is 0 Å². The van der Waals surface area contributed by atoms with Gasteiger partial charge in [0.1, 0.15) is 11.3 Å². The molecular weight excluding hydrogens is 264 g/mol. The van der Waals surface area contributed by atoms with E-state index in [4.69, 9.17) is 9.40 Å². The minimum Gasteiger partial charge on any atom is -0.458 e. The number of imidazole rings is 1. The number of nitrogens with one attached hydrogen (secondary N) is 1. The number of piperidine rings is 1. The molecule has 0 bridgehead atoms. The first-order valence-electron chi connectivity index (χ1n) is 7.43. The summed E-state index contributed by atoms with van der Waals surface area (Å²) in [5.74, 6) is 2.60. The molecule has 5 nitrogen and oxygen atoms in total. The van der Waals surface area contributed by atoms with Crippen molar-refractivity contribution >= 4 is 11.2 Å². The van der Waals surface area contributed by atoms with Gasteiger partial charge in [-0.05, 0) is 50.6 Å². The van der Waals surface area contributed by atoms with Gasteiger partial charge >= 0.3 is 0 Å². The number of aryl methyl sites for hydroxylation is 1. The maximum absolute atomic E-state index is 5.80. The molecule has 0 aliphatic carbocycles. The largest absolute Gasteiger partial charge is 0.458 e. The molecule has 1 unspecified atom stereocenters. The molecule has 1 N–H and O–H groups in total. The molecule has 0 saturated carbocycles. The number of hydrogen-bond acceptors (Lipinski definition) is 4. The van der Waals surface area contributed by atoms with E-state index in [2.05, 4.69) is 14.9 Å². The van der Waals surface area contributed by atoms with Gasteiger partial charge in [-0.25, -0.2) is 9.97 Å². The Kier molecular flexibility index (Phi) is 3.00. The Bertz CT molecular complexity index is 768. The first kappa shape index (κ1) is 12.6. The van der Waals surface area contributed by atoms with Crippen LogP contribution >= 0.6 is 0 Å². The normalized spacial score (nSPS) is 19.2. The van der Waals surface area contributed by atoms with Crippen LogP contribution in [0.2, 0.25) is 0 Å². The molecule has 5 heteroatoms. The maximum atomic E-state index is 5.80. The Morgan fingerprint density at radius 1 is 1.33 bits per heavy atom. The lowest BCUT2D eigenvalue weighted by molar-refractivity contribution is 0.376. The minimum atomic E-state index is 0.374. The van der Waals surface area contributed by atoms with Crippen LogP contribution in [0.4, 0.5) is 0 Å². The van der Waals surface area contributed by atoms with E-state index in [1.54, 1.807) is 0 Å². The van der Waals surface area contributed by atoms with Gasteiger partial charge in [0.05, 0.1) is 0 Å². The third-order valence-electron chi connectivity index (χ3n) is 4.05. The Hall–Kier alpha value is -2.14. The second-order valence-corrected chi connectivity index (χ2v) is 5.56. The number of furan rings is 1. The summed E-state index contributed by atoms with van der Waals surface area (Å²) < 4.78 is 8.03. The van der Waals surface area contributed by atoms with Crippen molar-refractivity contribution in [2.45, 2.75) is 25.8 Å². The maximum Gasteiger partial charge on any atom is 0.178 e. The fourth-order valence-electron chi connectivity index (χ4n) is 3.06. The second kappa shape index (κ2) is 5.00. The molecule has 108 valence electrons. The van der Waals surface area contributed by atoms with Crippen LogP contribution in [-0.2, 0) is 0 Å². The number of hydrogen-bond donors (Lipinski definition) is 1. The molecule has 1 fully saturated rings. The van der Waals surface area contributed by atoms with Gasteiger partial charge in [-0.1, -0.05) is 0 Å². The molecule has 1 atom stereocenters. The topological polar surface area (TPSA) is 55.9 Å². The predicted molar refractivity (Wildman–Crippen MR) is 81.1 cm³/mol. The monoisotopic (exact) mass is 282 g/mol. The smallest absolute Gasteiger partial charge is 0.178 e. The summed E-state index contributed by atoms with van der Waals surface area (Å²) in [5.41, 5.74) is 1.86. The first-order valence-corrected chi connectivity index (χ1v) is 7.43. The summed E-state index contributed by atoms with van der Waals surface area (Å²) in [6.07, 6.45) is 4.14. The standard InChI is InChI=1S/C16H18N4O/c1-11-6-7-14(21-11)16-19-13-5-3-9-18-15(13)20(16)12-4-2-8-17-10-12/h3,5-7,9,12,17H,2,4,8,10H2,1H3. The lowest BCUT2D eigenvalue weighted by Gasteiger charge is -2.25. The number of rotatable bonds is 2. The molecule has 4 heterocycles. The molecular formula is C16H18N4O. The number of pyridine rings is 1. The van der Waals surface area contributed by atoms with Crippen LogP contribution < -0.4 is 5.32 Å². The summed E-state index contributed by atoms with van der Waals surface area (Å²) in [4.78, 5) is 9.29. The van der Waals surface area contributed by atoms with E-state index in [-0.39, 0.29) is 0 Å². The lowest BCUT2D eigenvalue weighted by atomic mass is 10.1. The van der Waals surface area contributed by atoms with Crippen LogP contribution in [0, 0.1) is 6.92 Å². The first-order chi connectivity index (χ1) is 10.3. The summed E-state index contributed by atoms with van der Waals surface area (Å²) in [6, 6.07) is 8.28. The van der Waals surface area contributed by atoms with Gasteiger partial charge in [-0.3, -0.25) is 0 Å². The van der Waals surface area contributed by atoms with Crippen molar-refractivity contribution < 1.29 is 4.42 Å². The Labute approximate surface area is 123 Å². The van der Waals surface area contributed by atoms with E-state index in [1.807, 2.05) is 37.4 Å². The van der Waals surface area contributed by atoms with Gasteiger partial charge in [0.2, 0.25) is 0 Å². The fourth-order valence-corrected chi connectivity index (χ4v) is 3.06. The molecule has 3 aromatic rings. The van der Waals surface area contributed by atoms with Crippen LogP contribution in [0.15, 0.2) is 34.9 Å². The molecule has 1 aliphatic heterocycles. The van der Waals surface area contributed by atoms with Crippen LogP contribution in [-0.4, -0.2) is 27.6 Å². The molecule has 1 saturated heterocycles. The molecule has 1 aliphatic rings. The second-order valence-electron chi connectivity index (χ2n) is 5.56. The Morgan fingerprint density at radius 2 is 2.29 bits per heavy atom. The molecule has 0 spiro atoms. The van der Waals surface area contributed by atoms with Crippen molar-refractivity contribution in [2.24, 2.45) is 0 Å². The molecule has 3 aromatic heterocycles. The van der Waals surface area contributed by atoms with Crippen molar-refractivity contribution in [3.8, 4) is 11.6 Å². The van der Waals surface area contributed by atoms with Crippen molar-refractivity contribution in [3.05, 3.63) is 36.2 Å². The summed E-state index contributed by atoms with van der Waals surface area (Å²) in [6.45, 7) is 4.00. The highest BCUT2D eigenvalue weighted by molar-refractivity contribution is 5.76. The van der Waals surface area contributed by atoms with E-state index < -0.39 is 0 Å². The summed E-state index contributed by atoms with van der Waals surface area (Å²) in [7, 11) is 0. The average Bonchev–Trinajstić information content (AvgIpc) is 3.11. The lowest BCUT2D eigenvalue weighted by Crippen LogP contribution is -2.32. The highest BCUT2D eigenvalue weighted by Crippen LogP contribution is 2.30. The van der Waals surface area contributed by atoms with Gasteiger partial charge in [-0.2, -0.15) is 0 Å². The van der Waals surface area contributed by atoms with E-state index in [9.17, 15) is 0 Å². The van der Waals surface area contributed by atoms with Crippen molar-refractivity contribution in [2.75, 3.05) is 13.1 Å². The average molecular weight is 282 g/mol. The van der Waals surface area contributed by atoms with Gasteiger partial charge < -0.3 is 14.3 Å². The third-order valence-corrected chi connectivity index (χ3v) is 4.05. The van der Waals surface area contributed by atoms with Crippen molar-refractivity contribution in [1.29, 1.82) is 0 Å². The zero-order valence-electron chi connectivity index (χ0n) is 12.0. The van der Waals surface area contributed by atoms with Crippen LogP contribution in [0.5, 0.6) is 0 Å². The molecule has 21 heavy (non-hydrogen) atoms. The van der Waals surface area contributed by atoms with E-state index in [0.717, 1.165) is 48.0 Å². The van der Waals surface area contributed by atoms with E-state index in [0.29, 0.717) is 6.04 Å². The zero-order valence-corrected chi connectivity index (χ0v) is 12.0. The summed E-state index contributed by atoms with van der Waals surface area (Å²) >= 11 is 0. The Morgan fingerprint density at radius 3 is 3.05 bits per heavy atom. The number of aromatic nitrogens is 3. The van der Waals surface area contributed by atoms with Crippen LogP contribution in [0.25, 0.3) is 22.7 Å². The van der Waals surface area contributed by atoms with Crippen LogP contribution in [0.3, 0.4) is 0 Å². The molecule has 0 aromatic carbocycles.